The number of ether oxygens (including phenoxy) is 1. The van der Waals surface area contributed by atoms with Crippen LogP contribution in [0.1, 0.15) is 26.2 Å². The number of aliphatic carboxylic acids is 1. The van der Waals surface area contributed by atoms with Crippen LogP contribution in [0.2, 0.25) is 0 Å². The first kappa shape index (κ1) is 12.0. The fourth-order valence-corrected chi connectivity index (χ4v) is 1.79. The zero-order valence-corrected chi connectivity index (χ0v) is 9.03. The third-order valence-electron chi connectivity index (χ3n) is 2.82. The number of carboxylic acids is 1. The molecule has 1 saturated carbocycles. The Bertz CT molecular complexity index is 254. The topological polar surface area (TPSA) is 75.6 Å². The van der Waals surface area contributed by atoms with E-state index in [1.54, 1.807) is 7.11 Å². The van der Waals surface area contributed by atoms with Gasteiger partial charge >= 0.3 is 5.97 Å². The lowest BCUT2D eigenvalue weighted by Crippen LogP contribution is -2.41. The van der Waals surface area contributed by atoms with Gasteiger partial charge in [0.05, 0.1) is 6.10 Å². The van der Waals surface area contributed by atoms with Crippen molar-refractivity contribution >= 4 is 11.9 Å². The van der Waals surface area contributed by atoms with Gasteiger partial charge < -0.3 is 15.2 Å². The summed E-state index contributed by atoms with van der Waals surface area (Å²) < 4.78 is 5.15. The highest BCUT2D eigenvalue weighted by Crippen LogP contribution is 2.27. The van der Waals surface area contributed by atoms with Gasteiger partial charge in [-0.2, -0.15) is 0 Å². The molecule has 5 nitrogen and oxygen atoms in total. The van der Waals surface area contributed by atoms with Crippen molar-refractivity contribution in [2.45, 2.75) is 38.3 Å². The van der Waals surface area contributed by atoms with Gasteiger partial charge in [-0.05, 0) is 26.2 Å². The molecule has 0 aromatic rings. The van der Waals surface area contributed by atoms with Crippen molar-refractivity contribution in [3.8, 4) is 0 Å². The molecular formula is C10H17NO4. The molecule has 0 heterocycles. The Morgan fingerprint density at radius 1 is 1.47 bits per heavy atom. The van der Waals surface area contributed by atoms with Crippen LogP contribution in [-0.2, 0) is 14.3 Å². The first-order valence-corrected chi connectivity index (χ1v) is 5.10. The molecule has 0 radical (unpaired) electrons. The molecule has 0 saturated heterocycles. The molecule has 0 aromatic heterocycles. The normalized spacial score (nSPS) is 27.3. The van der Waals surface area contributed by atoms with Gasteiger partial charge in [0.25, 0.3) is 0 Å². The van der Waals surface area contributed by atoms with Crippen molar-refractivity contribution in [2.75, 3.05) is 7.11 Å². The zero-order valence-electron chi connectivity index (χ0n) is 9.03. The Kier molecular flexibility index (Phi) is 4.08. The van der Waals surface area contributed by atoms with Crippen molar-refractivity contribution < 1.29 is 19.4 Å². The standard InChI is InChI=1S/C10H17NO4/c1-6(10(13)14)11-9(12)7-3-4-8(5-7)15-2/h6-8H,3-5H2,1-2H3,(H,11,12)(H,13,14). The van der Waals surface area contributed by atoms with Gasteiger partial charge in [0.15, 0.2) is 0 Å². The van der Waals surface area contributed by atoms with E-state index in [1.807, 2.05) is 0 Å². The minimum atomic E-state index is -1.01. The molecule has 1 aliphatic carbocycles. The monoisotopic (exact) mass is 215 g/mol. The lowest BCUT2D eigenvalue weighted by Gasteiger charge is -2.13. The van der Waals surface area contributed by atoms with E-state index in [-0.39, 0.29) is 17.9 Å². The van der Waals surface area contributed by atoms with Gasteiger partial charge in [-0.1, -0.05) is 0 Å². The number of nitrogens with one attached hydrogen (secondary N) is 1. The summed E-state index contributed by atoms with van der Waals surface area (Å²) in [7, 11) is 1.63. The van der Waals surface area contributed by atoms with E-state index in [1.165, 1.54) is 6.92 Å². The number of methoxy groups -OCH3 is 1. The number of carbonyl (C=O) groups excluding carboxylic acids is 1. The average molecular weight is 215 g/mol. The van der Waals surface area contributed by atoms with Gasteiger partial charge in [-0.25, -0.2) is 0 Å². The van der Waals surface area contributed by atoms with Crippen molar-refractivity contribution in [3.05, 3.63) is 0 Å². The second-order valence-corrected chi connectivity index (χ2v) is 3.94. The van der Waals surface area contributed by atoms with E-state index in [9.17, 15) is 9.59 Å². The molecule has 0 spiro atoms. The SMILES string of the molecule is COC1CCC(C(=O)NC(C)C(=O)O)C1. The summed E-state index contributed by atoms with van der Waals surface area (Å²) in [5, 5.41) is 11.1. The Hall–Kier alpha value is -1.10. The van der Waals surface area contributed by atoms with Crippen LogP contribution in [-0.4, -0.2) is 36.2 Å². The number of hydrogen-bond acceptors (Lipinski definition) is 3. The third-order valence-corrected chi connectivity index (χ3v) is 2.82. The maximum atomic E-state index is 11.6. The Balaban J connectivity index is 2.38. The third kappa shape index (κ3) is 3.20. The molecule has 0 bridgehead atoms. The Labute approximate surface area is 88.8 Å². The molecule has 0 aromatic carbocycles. The molecule has 3 unspecified atom stereocenters. The minimum absolute atomic E-state index is 0.100. The highest BCUT2D eigenvalue weighted by Gasteiger charge is 2.31. The van der Waals surface area contributed by atoms with E-state index < -0.39 is 12.0 Å². The Morgan fingerprint density at radius 3 is 2.60 bits per heavy atom. The highest BCUT2D eigenvalue weighted by atomic mass is 16.5. The van der Waals surface area contributed by atoms with Crippen LogP contribution in [0.4, 0.5) is 0 Å². The predicted molar refractivity (Wildman–Crippen MR) is 53.4 cm³/mol. The van der Waals surface area contributed by atoms with Crippen molar-refractivity contribution in [1.29, 1.82) is 0 Å². The summed E-state index contributed by atoms with van der Waals surface area (Å²) in [5.41, 5.74) is 0. The first-order valence-electron chi connectivity index (χ1n) is 5.10. The van der Waals surface area contributed by atoms with Crippen molar-refractivity contribution in [1.82, 2.24) is 5.32 Å². The Morgan fingerprint density at radius 2 is 2.13 bits per heavy atom. The maximum absolute atomic E-state index is 11.6. The zero-order chi connectivity index (χ0) is 11.4. The first-order chi connectivity index (χ1) is 7.04. The van der Waals surface area contributed by atoms with Gasteiger partial charge in [0.2, 0.25) is 5.91 Å². The van der Waals surface area contributed by atoms with E-state index >= 15 is 0 Å². The maximum Gasteiger partial charge on any atom is 0.325 e. The molecule has 1 amide bonds. The van der Waals surface area contributed by atoms with Gasteiger partial charge in [-0.15, -0.1) is 0 Å². The smallest absolute Gasteiger partial charge is 0.325 e. The van der Waals surface area contributed by atoms with Crippen molar-refractivity contribution in [2.24, 2.45) is 5.92 Å². The summed E-state index contributed by atoms with van der Waals surface area (Å²) in [6.45, 7) is 1.46. The van der Waals surface area contributed by atoms with E-state index in [4.69, 9.17) is 9.84 Å². The number of hydrogen-bond donors (Lipinski definition) is 2. The van der Waals surface area contributed by atoms with E-state index in [2.05, 4.69) is 5.32 Å². The predicted octanol–water partition coefficient (Wildman–Crippen LogP) is 0.391. The molecular weight excluding hydrogens is 198 g/mol. The van der Waals surface area contributed by atoms with Crippen LogP contribution in [0, 0.1) is 5.92 Å². The van der Waals surface area contributed by atoms with Gasteiger partial charge in [0, 0.05) is 13.0 Å². The molecule has 1 fully saturated rings. The molecule has 15 heavy (non-hydrogen) atoms. The lowest BCUT2D eigenvalue weighted by atomic mass is 10.1. The van der Waals surface area contributed by atoms with Crippen LogP contribution in [0.25, 0.3) is 0 Å². The molecule has 1 rings (SSSR count). The second-order valence-electron chi connectivity index (χ2n) is 3.94. The molecule has 0 aliphatic heterocycles. The second kappa shape index (κ2) is 5.11. The molecule has 1 aliphatic rings. The van der Waals surface area contributed by atoms with Crippen molar-refractivity contribution in [3.63, 3.8) is 0 Å². The fraction of sp³-hybridized carbons (Fsp3) is 0.800. The van der Waals surface area contributed by atoms with Crippen LogP contribution < -0.4 is 5.32 Å². The van der Waals surface area contributed by atoms with Crippen LogP contribution in [0.15, 0.2) is 0 Å². The molecule has 5 heteroatoms. The summed E-state index contributed by atoms with van der Waals surface area (Å²) in [6, 6.07) is -0.820. The van der Waals surface area contributed by atoms with Gasteiger partial charge in [-0.3, -0.25) is 9.59 Å². The number of rotatable bonds is 4. The summed E-state index contributed by atoms with van der Waals surface area (Å²) >= 11 is 0. The van der Waals surface area contributed by atoms with Gasteiger partial charge in [0.1, 0.15) is 6.04 Å². The number of carboxylic acid groups (broad SMARTS) is 1. The lowest BCUT2D eigenvalue weighted by molar-refractivity contribution is -0.141. The quantitative estimate of drug-likeness (QED) is 0.711. The van der Waals surface area contributed by atoms with E-state index in [0.29, 0.717) is 6.42 Å². The average Bonchev–Trinajstić information content (AvgIpc) is 2.65. The fourth-order valence-electron chi connectivity index (χ4n) is 1.79. The minimum Gasteiger partial charge on any atom is -0.480 e. The van der Waals surface area contributed by atoms with Crippen LogP contribution in [0.5, 0.6) is 0 Å². The number of carbonyl (C=O) groups is 2. The molecule has 2 N–H and O–H groups in total. The largest absolute Gasteiger partial charge is 0.480 e. The van der Waals surface area contributed by atoms with Crippen LogP contribution >= 0.6 is 0 Å². The summed E-state index contributed by atoms with van der Waals surface area (Å²) in [5.74, 6) is -1.29. The number of amides is 1. The summed E-state index contributed by atoms with van der Waals surface area (Å²) in [4.78, 5) is 22.1. The molecule has 3 atom stereocenters. The van der Waals surface area contributed by atoms with Crippen LogP contribution in [0.3, 0.4) is 0 Å². The summed E-state index contributed by atoms with van der Waals surface area (Å²) in [6.07, 6.45) is 2.47. The highest BCUT2D eigenvalue weighted by molar-refractivity contribution is 5.84. The molecule has 86 valence electrons. The van der Waals surface area contributed by atoms with E-state index in [0.717, 1.165) is 12.8 Å².